The van der Waals surface area contributed by atoms with Gasteiger partial charge in [-0.3, -0.25) is 9.78 Å². The first kappa shape index (κ1) is 27.1. The van der Waals surface area contributed by atoms with Gasteiger partial charge in [-0.15, -0.1) is 6.42 Å². The molecule has 2 heterocycles. The Kier molecular flexibility index (Phi) is 9.79. The standard InChI is InChI=1S/C32H32N6O/c1-2-24-11-8-15-28(21-24)36-30-22-29(37-32(33)38-30)27-14-7-12-25(20-27)10-5-3-4-6-19-35-31(39)17-16-26-13-9-18-34-23-26/h1,7-9,11-18,20-23H,3-6,10,19H2,(H,35,39)(H3,33,36,37,38)/b17-16+. The molecule has 0 saturated heterocycles. The fourth-order valence-corrected chi connectivity index (χ4v) is 4.12. The van der Waals surface area contributed by atoms with Crippen LogP contribution in [0.3, 0.4) is 0 Å². The third-order valence-electron chi connectivity index (χ3n) is 6.07. The van der Waals surface area contributed by atoms with Gasteiger partial charge in [-0.1, -0.05) is 49.1 Å². The summed E-state index contributed by atoms with van der Waals surface area (Å²) in [6.45, 7) is 0.671. The predicted molar refractivity (Wildman–Crippen MR) is 158 cm³/mol. The minimum atomic E-state index is -0.0829. The maximum absolute atomic E-state index is 12.0. The maximum Gasteiger partial charge on any atom is 0.243 e. The van der Waals surface area contributed by atoms with Crippen LogP contribution < -0.4 is 16.4 Å². The summed E-state index contributed by atoms with van der Waals surface area (Å²) in [5.41, 5.74) is 11.5. The van der Waals surface area contributed by atoms with E-state index in [9.17, 15) is 4.79 Å². The van der Waals surface area contributed by atoms with Crippen LogP contribution >= 0.6 is 0 Å². The van der Waals surface area contributed by atoms with Crippen LogP contribution in [0, 0.1) is 12.3 Å². The van der Waals surface area contributed by atoms with Crippen molar-refractivity contribution in [2.45, 2.75) is 32.1 Å². The quantitative estimate of drug-likeness (QED) is 0.125. The zero-order chi connectivity index (χ0) is 27.3. The number of amides is 1. The van der Waals surface area contributed by atoms with Crippen molar-refractivity contribution in [3.63, 3.8) is 0 Å². The Morgan fingerprint density at radius 2 is 1.85 bits per heavy atom. The Morgan fingerprint density at radius 1 is 0.974 bits per heavy atom. The van der Waals surface area contributed by atoms with Gasteiger partial charge in [0.1, 0.15) is 5.82 Å². The van der Waals surface area contributed by atoms with Gasteiger partial charge in [-0.05, 0) is 66.8 Å². The van der Waals surface area contributed by atoms with Gasteiger partial charge >= 0.3 is 0 Å². The first-order valence-electron chi connectivity index (χ1n) is 13.0. The Morgan fingerprint density at radius 3 is 2.69 bits per heavy atom. The Bertz CT molecular complexity index is 1460. The van der Waals surface area contributed by atoms with Crippen molar-refractivity contribution in [3.05, 3.63) is 102 Å². The van der Waals surface area contributed by atoms with E-state index in [1.54, 1.807) is 24.5 Å². The highest BCUT2D eigenvalue weighted by molar-refractivity contribution is 5.91. The number of aromatic nitrogens is 3. The van der Waals surface area contributed by atoms with Crippen LogP contribution in [0.5, 0.6) is 0 Å². The molecule has 0 fully saturated rings. The highest BCUT2D eigenvalue weighted by atomic mass is 16.1. The van der Waals surface area contributed by atoms with Gasteiger partial charge in [0, 0.05) is 47.9 Å². The number of aryl methyl sites for hydroxylation is 1. The van der Waals surface area contributed by atoms with Gasteiger partial charge < -0.3 is 16.4 Å². The van der Waals surface area contributed by atoms with E-state index in [1.807, 2.05) is 54.6 Å². The summed E-state index contributed by atoms with van der Waals surface area (Å²) in [6, 6.07) is 21.6. The molecule has 4 aromatic rings. The van der Waals surface area contributed by atoms with Crippen molar-refractivity contribution in [3.8, 4) is 23.6 Å². The minimum absolute atomic E-state index is 0.0829. The minimum Gasteiger partial charge on any atom is -0.368 e. The van der Waals surface area contributed by atoms with E-state index in [4.69, 9.17) is 12.2 Å². The number of rotatable bonds is 12. The lowest BCUT2D eigenvalue weighted by atomic mass is 10.0. The Labute approximate surface area is 229 Å². The second kappa shape index (κ2) is 14.1. The van der Waals surface area contributed by atoms with Crippen LogP contribution in [-0.4, -0.2) is 27.4 Å². The smallest absolute Gasteiger partial charge is 0.243 e. The highest BCUT2D eigenvalue weighted by Crippen LogP contribution is 2.24. The van der Waals surface area contributed by atoms with E-state index in [-0.39, 0.29) is 11.9 Å². The van der Waals surface area contributed by atoms with Crippen molar-refractivity contribution in [2.24, 2.45) is 0 Å². The average Bonchev–Trinajstić information content (AvgIpc) is 2.96. The summed E-state index contributed by atoms with van der Waals surface area (Å²) in [5, 5.41) is 6.20. The molecule has 0 aliphatic heterocycles. The Hall–Kier alpha value is -4.96. The van der Waals surface area contributed by atoms with E-state index in [1.165, 1.54) is 5.56 Å². The van der Waals surface area contributed by atoms with Crippen LogP contribution in [0.2, 0.25) is 0 Å². The molecule has 7 heteroatoms. The number of nitrogens with zero attached hydrogens (tertiary/aromatic N) is 3. The van der Waals surface area contributed by atoms with E-state index in [2.05, 4.69) is 43.6 Å². The van der Waals surface area contributed by atoms with E-state index >= 15 is 0 Å². The third-order valence-corrected chi connectivity index (χ3v) is 6.07. The molecule has 7 nitrogen and oxygen atoms in total. The Balaban J connectivity index is 1.23. The molecule has 0 unspecified atom stereocenters. The van der Waals surface area contributed by atoms with E-state index < -0.39 is 0 Å². The van der Waals surface area contributed by atoms with Gasteiger partial charge in [0.15, 0.2) is 0 Å². The number of nitrogen functional groups attached to an aromatic ring is 1. The molecule has 1 amide bonds. The summed E-state index contributed by atoms with van der Waals surface area (Å²) >= 11 is 0. The first-order chi connectivity index (χ1) is 19.1. The van der Waals surface area contributed by atoms with Gasteiger partial charge in [0.05, 0.1) is 5.69 Å². The molecule has 0 aliphatic carbocycles. The molecule has 2 aromatic heterocycles. The van der Waals surface area contributed by atoms with Crippen molar-refractivity contribution >= 4 is 29.4 Å². The predicted octanol–water partition coefficient (Wildman–Crippen LogP) is 5.78. The van der Waals surface area contributed by atoms with Crippen molar-refractivity contribution < 1.29 is 4.79 Å². The van der Waals surface area contributed by atoms with Crippen LogP contribution in [-0.2, 0) is 11.2 Å². The number of terminal acetylenes is 1. The number of unbranched alkanes of at least 4 members (excludes halogenated alkanes) is 3. The number of carbonyl (C=O) groups is 1. The van der Waals surface area contributed by atoms with Crippen LogP contribution in [0.25, 0.3) is 17.3 Å². The van der Waals surface area contributed by atoms with E-state index in [0.717, 1.165) is 60.2 Å². The maximum atomic E-state index is 12.0. The zero-order valence-corrected chi connectivity index (χ0v) is 21.8. The first-order valence-corrected chi connectivity index (χ1v) is 13.0. The molecule has 2 aromatic carbocycles. The molecule has 0 radical (unpaired) electrons. The summed E-state index contributed by atoms with van der Waals surface area (Å²) in [4.78, 5) is 24.8. The van der Waals surface area contributed by atoms with Crippen molar-refractivity contribution in [2.75, 3.05) is 17.6 Å². The van der Waals surface area contributed by atoms with Crippen LogP contribution in [0.15, 0.2) is 85.2 Å². The fourth-order valence-electron chi connectivity index (χ4n) is 4.12. The third kappa shape index (κ3) is 8.83. The summed E-state index contributed by atoms with van der Waals surface area (Å²) in [7, 11) is 0. The molecule has 196 valence electrons. The topological polar surface area (TPSA) is 106 Å². The van der Waals surface area contributed by atoms with Gasteiger partial charge in [0.2, 0.25) is 11.9 Å². The molecule has 4 N–H and O–H groups in total. The lowest BCUT2D eigenvalue weighted by molar-refractivity contribution is -0.116. The highest BCUT2D eigenvalue weighted by Gasteiger charge is 2.07. The number of hydrogen-bond acceptors (Lipinski definition) is 6. The van der Waals surface area contributed by atoms with Crippen LogP contribution in [0.4, 0.5) is 17.5 Å². The number of hydrogen-bond donors (Lipinski definition) is 3. The number of nitrogens with one attached hydrogen (secondary N) is 2. The molecule has 0 bridgehead atoms. The lowest BCUT2D eigenvalue weighted by Gasteiger charge is -2.10. The summed E-state index contributed by atoms with van der Waals surface area (Å²) in [6.07, 6.45) is 17.4. The second-order valence-corrected chi connectivity index (χ2v) is 9.12. The number of nitrogens with two attached hydrogens (primary N) is 1. The molecular formula is C32H32N6O. The normalized spacial score (nSPS) is 10.7. The second-order valence-electron chi connectivity index (χ2n) is 9.12. The molecule has 4 rings (SSSR count). The SMILES string of the molecule is C#Cc1cccc(Nc2cc(-c3cccc(CCCCCCNC(=O)/C=C/c4cccnc4)c3)nc(N)n2)c1. The molecule has 0 aliphatic rings. The molecular weight excluding hydrogens is 484 g/mol. The largest absolute Gasteiger partial charge is 0.368 e. The number of benzene rings is 2. The van der Waals surface area contributed by atoms with E-state index in [0.29, 0.717) is 12.4 Å². The van der Waals surface area contributed by atoms with Crippen molar-refractivity contribution in [1.82, 2.24) is 20.3 Å². The van der Waals surface area contributed by atoms with Crippen LogP contribution in [0.1, 0.15) is 42.4 Å². The zero-order valence-electron chi connectivity index (χ0n) is 21.8. The molecule has 0 atom stereocenters. The number of carbonyl (C=O) groups excluding carboxylic acids is 1. The van der Waals surface area contributed by atoms with Gasteiger partial charge in [-0.2, -0.15) is 4.98 Å². The molecule has 0 saturated carbocycles. The molecule has 0 spiro atoms. The average molecular weight is 517 g/mol. The molecule has 39 heavy (non-hydrogen) atoms. The van der Waals surface area contributed by atoms with Gasteiger partial charge in [0.25, 0.3) is 0 Å². The number of anilines is 3. The number of pyridine rings is 1. The fraction of sp³-hybridized carbons (Fsp3) is 0.188. The van der Waals surface area contributed by atoms with Gasteiger partial charge in [-0.25, -0.2) is 4.98 Å². The van der Waals surface area contributed by atoms with Crippen molar-refractivity contribution in [1.29, 1.82) is 0 Å². The monoisotopic (exact) mass is 516 g/mol. The summed E-state index contributed by atoms with van der Waals surface area (Å²) < 4.78 is 0. The lowest BCUT2D eigenvalue weighted by Crippen LogP contribution is -2.21. The summed E-state index contributed by atoms with van der Waals surface area (Å²) in [5.74, 6) is 3.36.